The van der Waals surface area contributed by atoms with Crippen molar-refractivity contribution in [3.05, 3.63) is 204 Å². The Bertz CT molecular complexity index is 2640. The quantitative estimate of drug-likeness (QED) is 0.139. The van der Waals surface area contributed by atoms with Gasteiger partial charge in [0.15, 0.2) is 0 Å². The Balaban J connectivity index is 1.17. The minimum Gasteiger partial charge on any atom is -0.354 e. The summed E-state index contributed by atoms with van der Waals surface area (Å²) in [6.45, 7) is 0. The SMILES string of the molecule is N=C(/C(=C1\NC(c2ccccc2)=Cc2ccc(-c3ccc(-c4ccc5ccc6cccnc6c5n4)cc3)cc21)c1ccccc1)c1ccccc1. The monoisotopic (exact) mass is 652 g/mol. The Kier molecular flexibility index (Phi) is 7.60. The summed E-state index contributed by atoms with van der Waals surface area (Å²) in [5.41, 5.74) is 14.3. The maximum absolute atomic E-state index is 9.56. The summed E-state index contributed by atoms with van der Waals surface area (Å²) in [5, 5.41) is 15.5. The van der Waals surface area contributed by atoms with E-state index in [2.05, 4.69) is 126 Å². The molecule has 0 atom stereocenters. The van der Waals surface area contributed by atoms with Crippen molar-refractivity contribution < 1.29 is 0 Å². The summed E-state index contributed by atoms with van der Waals surface area (Å²) >= 11 is 0. The zero-order valence-electron chi connectivity index (χ0n) is 27.7. The number of nitrogens with one attached hydrogen (secondary N) is 2. The fourth-order valence-electron chi connectivity index (χ4n) is 6.93. The fraction of sp³-hybridized carbons (Fsp3) is 0. The van der Waals surface area contributed by atoms with Crippen molar-refractivity contribution in [1.82, 2.24) is 15.3 Å². The van der Waals surface area contributed by atoms with Crippen LogP contribution in [0.3, 0.4) is 0 Å². The second-order valence-electron chi connectivity index (χ2n) is 12.7. The zero-order valence-corrected chi connectivity index (χ0v) is 27.7. The Morgan fingerprint density at radius 1 is 0.510 bits per heavy atom. The van der Waals surface area contributed by atoms with Crippen LogP contribution in [-0.2, 0) is 0 Å². The lowest BCUT2D eigenvalue weighted by atomic mass is 9.86. The van der Waals surface area contributed by atoms with Crippen molar-refractivity contribution in [3.8, 4) is 22.4 Å². The Morgan fingerprint density at radius 3 is 1.88 bits per heavy atom. The molecule has 51 heavy (non-hydrogen) atoms. The second-order valence-corrected chi connectivity index (χ2v) is 12.7. The molecule has 3 heterocycles. The van der Waals surface area contributed by atoms with Gasteiger partial charge in [0.2, 0.25) is 0 Å². The zero-order chi connectivity index (χ0) is 34.1. The maximum Gasteiger partial charge on any atom is 0.0972 e. The minimum atomic E-state index is 0.463. The molecule has 0 spiro atoms. The molecule has 0 bridgehead atoms. The summed E-state index contributed by atoms with van der Waals surface area (Å²) in [6.07, 6.45) is 4.03. The van der Waals surface area contributed by atoms with Crippen molar-refractivity contribution in [1.29, 1.82) is 5.41 Å². The summed E-state index contributed by atoms with van der Waals surface area (Å²) in [4.78, 5) is 9.69. The first-order chi connectivity index (χ1) is 25.2. The van der Waals surface area contributed by atoms with E-state index in [1.807, 2.05) is 66.9 Å². The van der Waals surface area contributed by atoms with Crippen LogP contribution in [-0.4, -0.2) is 15.7 Å². The summed E-state index contributed by atoms with van der Waals surface area (Å²) in [7, 11) is 0. The molecule has 0 saturated carbocycles. The Hall–Kier alpha value is -6.91. The Morgan fingerprint density at radius 2 is 1.14 bits per heavy atom. The Labute approximate surface area is 296 Å². The highest BCUT2D eigenvalue weighted by Gasteiger charge is 2.24. The number of pyridine rings is 2. The minimum absolute atomic E-state index is 0.463. The van der Waals surface area contributed by atoms with Crippen molar-refractivity contribution in [2.24, 2.45) is 0 Å². The smallest absolute Gasteiger partial charge is 0.0972 e. The molecule has 0 saturated heterocycles. The molecule has 0 aliphatic carbocycles. The number of benzene rings is 6. The van der Waals surface area contributed by atoms with Gasteiger partial charge in [-0.3, -0.25) is 10.4 Å². The van der Waals surface area contributed by atoms with Crippen molar-refractivity contribution in [2.45, 2.75) is 0 Å². The lowest BCUT2D eigenvalue weighted by molar-refractivity contribution is 1.22. The van der Waals surface area contributed by atoms with Gasteiger partial charge in [-0.2, -0.15) is 0 Å². The van der Waals surface area contributed by atoms with E-state index in [1.54, 1.807) is 0 Å². The van der Waals surface area contributed by atoms with E-state index in [1.165, 1.54) is 0 Å². The van der Waals surface area contributed by atoms with Crippen LogP contribution in [0.4, 0.5) is 0 Å². The first-order valence-corrected chi connectivity index (χ1v) is 17.1. The van der Waals surface area contributed by atoms with Crippen LogP contribution < -0.4 is 5.32 Å². The molecule has 2 N–H and O–H groups in total. The van der Waals surface area contributed by atoms with Gasteiger partial charge in [-0.25, -0.2) is 4.98 Å². The molecular formula is C47H32N4. The molecule has 0 unspecified atom stereocenters. The van der Waals surface area contributed by atoms with Gasteiger partial charge in [-0.05, 0) is 52.1 Å². The molecular weight excluding hydrogens is 621 g/mol. The van der Waals surface area contributed by atoms with Crippen molar-refractivity contribution in [2.75, 3.05) is 0 Å². The third kappa shape index (κ3) is 5.69. The number of nitrogens with zero attached hydrogens (tertiary/aromatic N) is 2. The van der Waals surface area contributed by atoms with Gasteiger partial charge in [0.25, 0.3) is 0 Å². The molecule has 240 valence electrons. The van der Waals surface area contributed by atoms with Crippen LogP contribution in [0.5, 0.6) is 0 Å². The van der Waals surface area contributed by atoms with E-state index < -0.39 is 0 Å². The number of hydrogen-bond acceptors (Lipinski definition) is 4. The standard InChI is InChI=1S/C47H32N4/c48-44(35-15-8-3-9-16-35)43(34-13-6-2-7-14-34)47-40-29-38(24-25-39(40)30-42(51-47)32-11-4-1-5-12-32)31-18-20-33(21-19-31)41-27-26-37-23-22-36-17-10-28-49-45(36)46(37)50-41/h1-30,48,51H/b47-43-,48-44?. The molecule has 4 heteroatoms. The number of rotatable bonds is 6. The van der Waals surface area contributed by atoms with Crippen molar-refractivity contribution in [3.63, 3.8) is 0 Å². The number of allylic oxidation sites excluding steroid dienone is 1. The van der Waals surface area contributed by atoms with E-state index in [0.29, 0.717) is 5.71 Å². The lowest BCUT2D eigenvalue weighted by Crippen LogP contribution is -2.20. The first-order valence-electron chi connectivity index (χ1n) is 17.1. The van der Waals surface area contributed by atoms with Crippen molar-refractivity contribution >= 4 is 50.6 Å². The molecule has 8 aromatic rings. The predicted molar refractivity (Wildman–Crippen MR) is 212 cm³/mol. The third-order valence-electron chi connectivity index (χ3n) is 9.54. The normalized spacial score (nSPS) is 13.3. The third-order valence-corrected chi connectivity index (χ3v) is 9.54. The van der Waals surface area contributed by atoms with Crippen LogP contribution in [0.1, 0.15) is 27.8 Å². The van der Waals surface area contributed by atoms with Gasteiger partial charge >= 0.3 is 0 Å². The highest BCUT2D eigenvalue weighted by atomic mass is 14.9. The van der Waals surface area contributed by atoms with Crippen LogP contribution in [0, 0.1) is 5.41 Å². The number of hydrogen-bond donors (Lipinski definition) is 2. The van der Waals surface area contributed by atoms with Crippen LogP contribution in [0.2, 0.25) is 0 Å². The average Bonchev–Trinajstić information content (AvgIpc) is 3.21. The van der Waals surface area contributed by atoms with E-state index in [0.717, 1.165) is 89.0 Å². The van der Waals surface area contributed by atoms with E-state index >= 15 is 0 Å². The number of aromatic nitrogens is 2. The first kappa shape index (κ1) is 30.2. The number of fused-ring (bicyclic) bond motifs is 4. The molecule has 4 nitrogen and oxygen atoms in total. The lowest BCUT2D eigenvalue weighted by Gasteiger charge is -2.27. The van der Waals surface area contributed by atoms with Crippen LogP contribution >= 0.6 is 0 Å². The molecule has 2 aromatic heterocycles. The van der Waals surface area contributed by atoms with Crippen LogP contribution in [0.15, 0.2) is 176 Å². The summed E-state index contributed by atoms with van der Waals surface area (Å²) < 4.78 is 0. The molecule has 0 amide bonds. The van der Waals surface area contributed by atoms with Crippen LogP contribution in [0.25, 0.3) is 67.2 Å². The average molecular weight is 653 g/mol. The topological polar surface area (TPSA) is 61.7 Å². The van der Waals surface area contributed by atoms with Gasteiger partial charge < -0.3 is 5.32 Å². The van der Waals surface area contributed by atoms with E-state index in [4.69, 9.17) is 4.98 Å². The van der Waals surface area contributed by atoms with Gasteiger partial charge in [0.1, 0.15) is 0 Å². The van der Waals surface area contributed by atoms with E-state index in [9.17, 15) is 5.41 Å². The summed E-state index contributed by atoms with van der Waals surface area (Å²) in [6, 6.07) is 58.3. The molecule has 1 aliphatic rings. The molecule has 9 rings (SSSR count). The molecule has 1 aliphatic heterocycles. The molecule has 6 aromatic carbocycles. The fourth-order valence-corrected chi connectivity index (χ4v) is 6.93. The molecule has 0 radical (unpaired) electrons. The second kappa shape index (κ2) is 12.8. The molecule has 0 fully saturated rings. The predicted octanol–water partition coefficient (Wildman–Crippen LogP) is 11.2. The largest absolute Gasteiger partial charge is 0.354 e. The maximum atomic E-state index is 9.56. The van der Waals surface area contributed by atoms with Gasteiger partial charge in [0.05, 0.1) is 28.1 Å². The van der Waals surface area contributed by atoms with E-state index in [-0.39, 0.29) is 0 Å². The summed E-state index contributed by atoms with van der Waals surface area (Å²) in [5.74, 6) is 0. The van der Waals surface area contributed by atoms with Gasteiger partial charge in [-0.1, -0.05) is 152 Å². The highest BCUT2D eigenvalue weighted by Crippen LogP contribution is 2.38. The highest BCUT2D eigenvalue weighted by molar-refractivity contribution is 6.36. The van der Waals surface area contributed by atoms with Gasteiger partial charge in [0, 0.05) is 44.9 Å². The van der Waals surface area contributed by atoms with Gasteiger partial charge in [-0.15, -0.1) is 0 Å².